The Bertz CT molecular complexity index is 1410. The lowest BCUT2D eigenvalue weighted by atomic mass is 10.0. The minimum atomic E-state index is -0.722. The van der Waals surface area contributed by atoms with Crippen molar-refractivity contribution < 1.29 is 19.0 Å². The number of nitro benzene ring substituents is 2. The van der Waals surface area contributed by atoms with Crippen molar-refractivity contribution in [2.45, 2.75) is 6.61 Å². The average Bonchev–Trinajstić information content (AvgIpc) is 2.84. The van der Waals surface area contributed by atoms with Crippen molar-refractivity contribution in [2.75, 3.05) is 5.43 Å². The zero-order valence-corrected chi connectivity index (χ0v) is 17.6. The molecule has 0 fully saturated rings. The van der Waals surface area contributed by atoms with Crippen molar-refractivity contribution in [3.63, 3.8) is 0 Å². The number of nitro groups is 2. The fraction of sp³-hybridized carbons (Fsp3) is 0.0417. The summed E-state index contributed by atoms with van der Waals surface area (Å²) in [5.41, 5.74) is 3.12. The number of benzene rings is 4. The molecule has 0 atom stereocenters. The van der Waals surface area contributed by atoms with Crippen LogP contribution in [0.1, 0.15) is 11.1 Å². The van der Waals surface area contributed by atoms with E-state index in [4.69, 9.17) is 4.74 Å². The maximum atomic E-state index is 13.2. The molecule has 0 saturated carbocycles. The third-order valence-corrected chi connectivity index (χ3v) is 5.01. The summed E-state index contributed by atoms with van der Waals surface area (Å²) < 4.78 is 19.1. The van der Waals surface area contributed by atoms with Gasteiger partial charge in [0.2, 0.25) is 0 Å². The Balaban J connectivity index is 1.64. The van der Waals surface area contributed by atoms with Crippen LogP contribution in [0.5, 0.6) is 5.75 Å². The van der Waals surface area contributed by atoms with Crippen LogP contribution in [0.3, 0.4) is 0 Å². The number of hydrogen-bond acceptors (Lipinski definition) is 7. The minimum Gasteiger partial charge on any atom is -0.488 e. The summed E-state index contributed by atoms with van der Waals surface area (Å²) in [6, 6.07) is 20.4. The standard InChI is InChI=1S/C24H17FN4O5/c25-18-8-5-16(6-9-18)15-34-24-12-7-17-3-1-2-4-20(17)21(24)14-26-27-22-11-10-19(28(30)31)13-23(22)29(32)33/h1-14,27H,15H2/b26-14+. The van der Waals surface area contributed by atoms with Gasteiger partial charge in [0, 0.05) is 11.6 Å². The molecule has 0 unspecified atom stereocenters. The SMILES string of the molecule is O=[N+]([O-])c1ccc(N/N=C/c2c(OCc3ccc(F)cc3)ccc3ccccc23)c([N+](=O)[O-])c1. The number of non-ortho nitro benzene ring substituents is 1. The van der Waals surface area contributed by atoms with Crippen molar-refractivity contribution in [1.29, 1.82) is 0 Å². The molecule has 1 N–H and O–H groups in total. The maximum Gasteiger partial charge on any atom is 0.301 e. The average molecular weight is 460 g/mol. The van der Waals surface area contributed by atoms with Crippen molar-refractivity contribution in [1.82, 2.24) is 0 Å². The molecule has 10 heteroatoms. The molecule has 0 spiro atoms. The van der Waals surface area contributed by atoms with Crippen LogP contribution in [0.2, 0.25) is 0 Å². The van der Waals surface area contributed by atoms with Crippen molar-refractivity contribution in [2.24, 2.45) is 5.10 Å². The van der Waals surface area contributed by atoms with E-state index >= 15 is 0 Å². The normalized spacial score (nSPS) is 11.0. The Hall–Kier alpha value is -4.86. The summed E-state index contributed by atoms with van der Waals surface area (Å²) in [6.45, 7) is 0.195. The highest BCUT2D eigenvalue weighted by Gasteiger charge is 2.19. The second-order valence-electron chi connectivity index (χ2n) is 7.20. The van der Waals surface area contributed by atoms with Crippen LogP contribution in [0.25, 0.3) is 10.8 Å². The zero-order valence-electron chi connectivity index (χ0n) is 17.6. The number of hydrazone groups is 1. The summed E-state index contributed by atoms with van der Waals surface area (Å²) in [4.78, 5) is 20.8. The van der Waals surface area contributed by atoms with Crippen LogP contribution in [0.15, 0.2) is 84.0 Å². The summed E-state index contributed by atoms with van der Waals surface area (Å²) in [7, 11) is 0. The van der Waals surface area contributed by atoms with Gasteiger partial charge in [-0.3, -0.25) is 25.7 Å². The second-order valence-corrected chi connectivity index (χ2v) is 7.20. The van der Waals surface area contributed by atoms with Crippen molar-refractivity contribution in [3.05, 3.63) is 116 Å². The molecule has 0 saturated heterocycles. The van der Waals surface area contributed by atoms with Crippen LogP contribution < -0.4 is 10.2 Å². The molecular formula is C24H17FN4O5. The van der Waals surface area contributed by atoms with Crippen LogP contribution in [0.4, 0.5) is 21.5 Å². The molecule has 0 aliphatic heterocycles. The van der Waals surface area contributed by atoms with E-state index < -0.39 is 21.2 Å². The molecular weight excluding hydrogens is 443 g/mol. The highest BCUT2D eigenvalue weighted by molar-refractivity contribution is 6.02. The number of fused-ring (bicyclic) bond motifs is 1. The molecule has 170 valence electrons. The Morgan fingerprint density at radius 1 is 0.941 bits per heavy atom. The van der Waals surface area contributed by atoms with E-state index in [9.17, 15) is 24.6 Å². The van der Waals surface area contributed by atoms with Gasteiger partial charge in [0.05, 0.1) is 22.1 Å². The van der Waals surface area contributed by atoms with E-state index in [1.807, 2.05) is 30.3 Å². The predicted molar refractivity (Wildman–Crippen MR) is 126 cm³/mol. The first kappa shape index (κ1) is 22.3. The fourth-order valence-corrected chi connectivity index (χ4v) is 3.32. The molecule has 0 aliphatic rings. The number of nitrogens with zero attached hydrogens (tertiary/aromatic N) is 3. The molecule has 0 amide bonds. The lowest BCUT2D eigenvalue weighted by Gasteiger charge is -2.12. The van der Waals surface area contributed by atoms with E-state index in [1.165, 1.54) is 24.4 Å². The zero-order chi connectivity index (χ0) is 24.1. The second kappa shape index (κ2) is 9.74. The Kier molecular flexibility index (Phi) is 6.40. The van der Waals surface area contributed by atoms with Gasteiger partial charge in [-0.25, -0.2) is 4.39 Å². The topological polar surface area (TPSA) is 120 Å². The molecule has 4 aromatic carbocycles. The van der Waals surface area contributed by atoms with Gasteiger partial charge in [0.15, 0.2) is 0 Å². The van der Waals surface area contributed by atoms with Gasteiger partial charge in [-0.2, -0.15) is 5.10 Å². The molecule has 0 radical (unpaired) electrons. The van der Waals surface area contributed by atoms with E-state index in [-0.39, 0.29) is 18.1 Å². The number of halogens is 1. The molecule has 4 aromatic rings. The van der Waals surface area contributed by atoms with E-state index in [2.05, 4.69) is 10.5 Å². The quantitative estimate of drug-likeness (QED) is 0.201. The van der Waals surface area contributed by atoms with Crippen molar-refractivity contribution >= 4 is 34.0 Å². The molecule has 0 heterocycles. The highest BCUT2D eigenvalue weighted by Crippen LogP contribution is 2.30. The van der Waals surface area contributed by atoms with Gasteiger partial charge in [-0.15, -0.1) is 0 Å². The lowest BCUT2D eigenvalue weighted by molar-refractivity contribution is -0.393. The van der Waals surface area contributed by atoms with E-state index in [0.29, 0.717) is 11.3 Å². The third-order valence-electron chi connectivity index (χ3n) is 5.01. The van der Waals surface area contributed by atoms with Crippen molar-refractivity contribution in [3.8, 4) is 5.75 Å². The minimum absolute atomic E-state index is 0.000803. The van der Waals surface area contributed by atoms with Crippen LogP contribution in [-0.2, 0) is 6.61 Å². The molecule has 34 heavy (non-hydrogen) atoms. The fourth-order valence-electron chi connectivity index (χ4n) is 3.32. The first-order valence-electron chi connectivity index (χ1n) is 10.0. The summed E-state index contributed by atoms with van der Waals surface area (Å²) in [5.74, 6) is 0.167. The maximum absolute atomic E-state index is 13.2. The third kappa shape index (κ3) is 4.96. The van der Waals surface area contributed by atoms with Gasteiger partial charge >= 0.3 is 5.69 Å². The van der Waals surface area contributed by atoms with Gasteiger partial charge in [0.25, 0.3) is 5.69 Å². The molecule has 0 aliphatic carbocycles. The number of rotatable bonds is 8. The van der Waals surface area contributed by atoms with Gasteiger partial charge in [0.1, 0.15) is 23.9 Å². The number of anilines is 1. The number of nitrogens with one attached hydrogen (secondary N) is 1. The van der Waals surface area contributed by atoms with E-state index in [1.54, 1.807) is 18.2 Å². The molecule has 4 rings (SSSR count). The number of ether oxygens (including phenoxy) is 1. The van der Waals surface area contributed by atoms with Gasteiger partial charge in [-0.05, 0) is 40.6 Å². The van der Waals surface area contributed by atoms with Crippen LogP contribution >= 0.6 is 0 Å². The first-order chi connectivity index (χ1) is 16.4. The largest absolute Gasteiger partial charge is 0.488 e. The lowest BCUT2D eigenvalue weighted by Crippen LogP contribution is -2.01. The Labute approximate surface area is 192 Å². The Morgan fingerprint density at radius 2 is 1.71 bits per heavy atom. The monoisotopic (exact) mass is 460 g/mol. The summed E-state index contributed by atoms with van der Waals surface area (Å²) >= 11 is 0. The highest BCUT2D eigenvalue weighted by atomic mass is 19.1. The first-order valence-corrected chi connectivity index (χ1v) is 10.0. The van der Waals surface area contributed by atoms with Gasteiger partial charge < -0.3 is 4.74 Å². The molecule has 0 bridgehead atoms. The molecule has 9 nitrogen and oxygen atoms in total. The van der Waals surface area contributed by atoms with Crippen LogP contribution in [0, 0.1) is 26.0 Å². The van der Waals surface area contributed by atoms with Gasteiger partial charge in [-0.1, -0.05) is 42.5 Å². The van der Waals surface area contributed by atoms with E-state index in [0.717, 1.165) is 28.5 Å². The van der Waals surface area contributed by atoms with Crippen LogP contribution in [-0.4, -0.2) is 16.1 Å². The summed E-state index contributed by atoms with van der Waals surface area (Å²) in [6.07, 6.45) is 1.47. The smallest absolute Gasteiger partial charge is 0.301 e. The number of hydrogen-bond donors (Lipinski definition) is 1. The Morgan fingerprint density at radius 3 is 2.44 bits per heavy atom. The molecule has 0 aromatic heterocycles. The summed E-state index contributed by atoms with van der Waals surface area (Å²) in [5, 5.41) is 28.2. The predicted octanol–water partition coefficient (Wildman–Crippen LogP) is 5.82.